The highest BCUT2D eigenvalue weighted by Gasteiger charge is 2.10. The first-order chi connectivity index (χ1) is 12.0. The standard InChI is InChI=1S/C18H21N5O2/c1-12(2)16-8-17(22-21-16)20-18(25)7-14-9-19-23(10-14)15-5-3-4-13(6-15)11-24/h3-6,8-10,12,24H,7,11H2,1-2H3,(H2,20,21,22,25). The monoisotopic (exact) mass is 339 g/mol. The maximum Gasteiger partial charge on any atom is 0.230 e. The van der Waals surface area contributed by atoms with E-state index in [1.165, 1.54) is 0 Å². The molecule has 0 aliphatic heterocycles. The number of anilines is 1. The zero-order valence-corrected chi connectivity index (χ0v) is 14.2. The third kappa shape index (κ3) is 4.13. The topological polar surface area (TPSA) is 95.8 Å². The molecule has 2 aromatic heterocycles. The Hall–Kier alpha value is -2.93. The van der Waals surface area contributed by atoms with Crippen LogP contribution in [0.1, 0.15) is 36.6 Å². The molecule has 0 fully saturated rings. The van der Waals surface area contributed by atoms with Gasteiger partial charge >= 0.3 is 0 Å². The van der Waals surface area contributed by atoms with E-state index in [9.17, 15) is 9.90 Å². The van der Waals surface area contributed by atoms with Crippen molar-refractivity contribution >= 4 is 11.7 Å². The van der Waals surface area contributed by atoms with Gasteiger partial charge in [0.25, 0.3) is 0 Å². The second-order valence-electron chi connectivity index (χ2n) is 6.21. The average Bonchev–Trinajstić information content (AvgIpc) is 3.24. The second kappa shape index (κ2) is 7.31. The highest BCUT2D eigenvalue weighted by molar-refractivity contribution is 5.91. The normalized spacial score (nSPS) is 11.0. The molecule has 0 bridgehead atoms. The van der Waals surface area contributed by atoms with E-state index in [0.717, 1.165) is 22.5 Å². The van der Waals surface area contributed by atoms with Crippen LogP contribution in [0.3, 0.4) is 0 Å². The first-order valence-electron chi connectivity index (χ1n) is 8.14. The van der Waals surface area contributed by atoms with E-state index in [0.29, 0.717) is 11.7 Å². The summed E-state index contributed by atoms with van der Waals surface area (Å²) in [6.45, 7) is 4.09. The molecule has 0 atom stereocenters. The minimum absolute atomic E-state index is 0.0214. The Bertz CT molecular complexity index is 866. The summed E-state index contributed by atoms with van der Waals surface area (Å²) in [5.41, 5.74) is 3.43. The molecule has 1 aromatic carbocycles. The molecule has 0 unspecified atom stereocenters. The van der Waals surface area contributed by atoms with Crippen LogP contribution in [0.4, 0.5) is 5.82 Å². The molecule has 3 aromatic rings. The summed E-state index contributed by atoms with van der Waals surface area (Å²) in [4.78, 5) is 12.2. The first kappa shape index (κ1) is 16.9. The van der Waals surface area contributed by atoms with Crippen LogP contribution in [0.5, 0.6) is 0 Å². The molecule has 0 radical (unpaired) electrons. The molecule has 7 nitrogen and oxygen atoms in total. The number of aliphatic hydroxyl groups is 1. The van der Waals surface area contributed by atoms with Gasteiger partial charge in [-0.3, -0.25) is 9.89 Å². The molecule has 2 heterocycles. The van der Waals surface area contributed by atoms with Crippen molar-refractivity contribution in [3.8, 4) is 5.69 Å². The van der Waals surface area contributed by atoms with Crippen LogP contribution in [-0.2, 0) is 17.8 Å². The number of nitrogens with one attached hydrogen (secondary N) is 2. The Labute approximate surface area is 145 Å². The Morgan fingerprint density at radius 1 is 1.32 bits per heavy atom. The number of carbonyl (C=O) groups excluding carboxylic acids is 1. The van der Waals surface area contributed by atoms with Crippen molar-refractivity contribution in [1.82, 2.24) is 20.0 Å². The van der Waals surface area contributed by atoms with Crippen LogP contribution in [0, 0.1) is 0 Å². The van der Waals surface area contributed by atoms with E-state index in [-0.39, 0.29) is 18.9 Å². The second-order valence-corrected chi connectivity index (χ2v) is 6.21. The average molecular weight is 339 g/mol. The highest BCUT2D eigenvalue weighted by atomic mass is 16.3. The van der Waals surface area contributed by atoms with Crippen LogP contribution in [0.2, 0.25) is 0 Å². The molecule has 0 aliphatic carbocycles. The smallest absolute Gasteiger partial charge is 0.230 e. The summed E-state index contributed by atoms with van der Waals surface area (Å²) < 4.78 is 1.69. The molecule has 0 saturated carbocycles. The number of hydrogen-bond donors (Lipinski definition) is 3. The summed E-state index contributed by atoms with van der Waals surface area (Å²) in [7, 11) is 0. The quantitative estimate of drug-likeness (QED) is 0.642. The van der Waals surface area contributed by atoms with Gasteiger partial charge < -0.3 is 10.4 Å². The summed E-state index contributed by atoms with van der Waals surface area (Å²) in [5.74, 6) is 0.702. The lowest BCUT2D eigenvalue weighted by Crippen LogP contribution is -2.14. The molecule has 1 amide bonds. The Morgan fingerprint density at radius 2 is 2.16 bits per heavy atom. The van der Waals surface area contributed by atoms with Crippen molar-refractivity contribution in [2.24, 2.45) is 0 Å². The summed E-state index contributed by atoms with van der Waals surface area (Å²) in [6, 6.07) is 9.29. The highest BCUT2D eigenvalue weighted by Crippen LogP contribution is 2.15. The van der Waals surface area contributed by atoms with Crippen molar-refractivity contribution in [3.63, 3.8) is 0 Å². The number of carbonyl (C=O) groups is 1. The lowest BCUT2D eigenvalue weighted by Gasteiger charge is -2.03. The molecule has 0 saturated heterocycles. The van der Waals surface area contributed by atoms with Gasteiger partial charge in [0.2, 0.25) is 5.91 Å². The van der Waals surface area contributed by atoms with Gasteiger partial charge in [0, 0.05) is 18.0 Å². The number of rotatable bonds is 6. The van der Waals surface area contributed by atoms with Gasteiger partial charge in [0.05, 0.1) is 24.9 Å². The Morgan fingerprint density at radius 3 is 2.88 bits per heavy atom. The van der Waals surface area contributed by atoms with Crippen LogP contribution in [-0.4, -0.2) is 31.0 Å². The molecule has 3 N–H and O–H groups in total. The third-order valence-corrected chi connectivity index (χ3v) is 3.85. The molecule has 130 valence electrons. The number of H-pyrrole nitrogens is 1. The van der Waals surface area contributed by atoms with Crippen molar-refractivity contribution in [1.29, 1.82) is 0 Å². The Balaban J connectivity index is 1.65. The van der Waals surface area contributed by atoms with E-state index < -0.39 is 0 Å². The van der Waals surface area contributed by atoms with E-state index in [4.69, 9.17) is 0 Å². The molecule has 25 heavy (non-hydrogen) atoms. The van der Waals surface area contributed by atoms with E-state index in [1.807, 2.05) is 30.3 Å². The fraction of sp³-hybridized carbons (Fsp3) is 0.278. The summed E-state index contributed by atoms with van der Waals surface area (Å²) >= 11 is 0. The number of benzene rings is 1. The van der Waals surface area contributed by atoms with Crippen molar-refractivity contribution in [2.75, 3.05) is 5.32 Å². The molecule has 7 heteroatoms. The SMILES string of the molecule is CC(C)c1cc(NC(=O)Cc2cnn(-c3cccc(CO)c3)c2)n[nH]1. The molecule has 3 rings (SSSR count). The van der Waals surface area contributed by atoms with Gasteiger partial charge in [0.15, 0.2) is 5.82 Å². The maximum absolute atomic E-state index is 12.2. The van der Waals surface area contributed by atoms with Gasteiger partial charge in [-0.15, -0.1) is 0 Å². The molecular formula is C18H21N5O2. The van der Waals surface area contributed by atoms with Gasteiger partial charge in [0.1, 0.15) is 0 Å². The largest absolute Gasteiger partial charge is 0.392 e. The number of amides is 1. The molecular weight excluding hydrogens is 318 g/mol. The van der Waals surface area contributed by atoms with Gasteiger partial charge in [-0.1, -0.05) is 26.0 Å². The number of hydrogen-bond acceptors (Lipinski definition) is 4. The zero-order valence-electron chi connectivity index (χ0n) is 14.2. The zero-order chi connectivity index (χ0) is 17.8. The van der Waals surface area contributed by atoms with E-state index in [1.54, 1.807) is 17.1 Å². The van der Waals surface area contributed by atoms with Gasteiger partial charge in [-0.25, -0.2) is 4.68 Å². The predicted molar refractivity (Wildman–Crippen MR) is 94.5 cm³/mol. The summed E-state index contributed by atoms with van der Waals surface area (Å²) in [6.07, 6.45) is 3.68. The van der Waals surface area contributed by atoms with E-state index in [2.05, 4.69) is 34.5 Å². The van der Waals surface area contributed by atoms with Gasteiger partial charge in [-0.05, 0) is 29.2 Å². The number of aromatic nitrogens is 4. The van der Waals surface area contributed by atoms with Crippen molar-refractivity contribution in [3.05, 3.63) is 59.5 Å². The first-order valence-corrected chi connectivity index (χ1v) is 8.14. The van der Waals surface area contributed by atoms with Crippen LogP contribution in [0.25, 0.3) is 5.69 Å². The lowest BCUT2D eigenvalue weighted by molar-refractivity contribution is -0.115. The third-order valence-electron chi connectivity index (χ3n) is 3.85. The number of aromatic amines is 1. The fourth-order valence-corrected chi connectivity index (χ4v) is 2.46. The lowest BCUT2D eigenvalue weighted by atomic mass is 10.1. The molecule has 0 spiro atoms. The minimum atomic E-state index is -0.148. The Kier molecular flexibility index (Phi) is 4.95. The minimum Gasteiger partial charge on any atom is -0.392 e. The number of aliphatic hydroxyl groups excluding tert-OH is 1. The molecule has 0 aliphatic rings. The number of nitrogens with zero attached hydrogens (tertiary/aromatic N) is 3. The summed E-state index contributed by atoms with van der Waals surface area (Å²) in [5, 5.41) is 23.3. The maximum atomic E-state index is 12.2. The van der Waals surface area contributed by atoms with Crippen LogP contribution < -0.4 is 5.32 Å². The van der Waals surface area contributed by atoms with Crippen LogP contribution in [0.15, 0.2) is 42.7 Å². The fourth-order valence-electron chi connectivity index (χ4n) is 2.46. The van der Waals surface area contributed by atoms with Crippen molar-refractivity contribution in [2.45, 2.75) is 32.8 Å². The van der Waals surface area contributed by atoms with Crippen LogP contribution >= 0.6 is 0 Å². The van der Waals surface area contributed by atoms with E-state index >= 15 is 0 Å². The van der Waals surface area contributed by atoms with Crippen molar-refractivity contribution < 1.29 is 9.90 Å². The van der Waals surface area contributed by atoms with Gasteiger partial charge in [-0.2, -0.15) is 10.2 Å². The predicted octanol–water partition coefficient (Wildman–Crippen LogP) is 2.39.